The van der Waals surface area contributed by atoms with Crippen molar-refractivity contribution in [3.8, 4) is 0 Å². The van der Waals surface area contributed by atoms with E-state index in [4.69, 9.17) is 4.74 Å². The van der Waals surface area contributed by atoms with Gasteiger partial charge in [0.2, 0.25) is 0 Å². The summed E-state index contributed by atoms with van der Waals surface area (Å²) in [6, 6.07) is 0. The van der Waals surface area contributed by atoms with Gasteiger partial charge in [0.15, 0.2) is 0 Å². The SMILES string of the molecule is C=C(C)[C@@H]1CC[C@]2(C(=O)OC)CC[C@]3(C)[C@H](CC[C@@H]4[C@@]5(C)CC[C@H](O)C(C)(C)[C@@H]5C[C@H](O)[C@]43C)[C@@H]12. The monoisotopic (exact) mass is 486 g/mol. The van der Waals surface area contributed by atoms with Gasteiger partial charge in [-0.15, -0.1) is 0 Å². The highest BCUT2D eigenvalue weighted by molar-refractivity contribution is 5.78. The number of fused-ring (bicyclic) bond motifs is 7. The van der Waals surface area contributed by atoms with E-state index in [0.29, 0.717) is 23.7 Å². The Kier molecular flexibility index (Phi) is 5.76. The van der Waals surface area contributed by atoms with Crippen LogP contribution in [0.5, 0.6) is 0 Å². The summed E-state index contributed by atoms with van der Waals surface area (Å²) < 4.78 is 5.47. The quantitative estimate of drug-likeness (QED) is 0.363. The van der Waals surface area contributed by atoms with Crippen LogP contribution >= 0.6 is 0 Å². The Morgan fingerprint density at radius 3 is 2.20 bits per heavy atom. The van der Waals surface area contributed by atoms with Gasteiger partial charge in [0.1, 0.15) is 0 Å². The maximum Gasteiger partial charge on any atom is 0.312 e. The maximum absolute atomic E-state index is 13.4. The van der Waals surface area contributed by atoms with Gasteiger partial charge in [0, 0.05) is 5.41 Å². The molecule has 0 aromatic rings. The number of rotatable bonds is 2. The molecule has 0 radical (unpaired) electrons. The van der Waals surface area contributed by atoms with E-state index < -0.39 is 11.5 Å². The molecule has 4 nitrogen and oxygen atoms in total. The van der Waals surface area contributed by atoms with Gasteiger partial charge in [0.25, 0.3) is 0 Å². The summed E-state index contributed by atoms with van der Waals surface area (Å²) >= 11 is 0. The van der Waals surface area contributed by atoms with E-state index in [9.17, 15) is 15.0 Å². The molecule has 4 heteroatoms. The van der Waals surface area contributed by atoms with Crippen LogP contribution in [-0.4, -0.2) is 35.5 Å². The molecule has 11 atom stereocenters. The van der Waals surface area contributed by atoms with Gasteiger partial charge in [0.05, 0.1) is 24.7 Å². The van der Waals surface area contributed by atoms with E-state index in [1.54, 1.807) is 7.11 Å². The lowest BCUT2D eigenvalue weighted by atomic mass is 9.31. The number of esters is 1. The van der Waals surface area contributed by atoms with Crippen molar-refractivity contribution in [3.05, 3.63) is 12.2 Å². The van der Waals surface area contributed by atoms with Crippen molar-refractivity contribution in [2.45, 2.75) is 112 Å². The lowest BCUT2D eigenvalue weighted by Crippen LogP contribution is -2.71. The highest BCUT2D eigenvalue weighted by Gasteiger charge is 2.74. The first kappa shape index (κ1) is 25.8. The number of allylic oxidation sites excluding steroid dienone is 1. The fourth-order valence-electron chi connectivity index (χ4n) is 11.6. The van der Waals surface area contributed by atoms with E-state index in [2.05, 4.69) is 48.1 Å². The van der Waals surface area contributed by atoms with E-state index in [1.165, 1.54) is 5.57 Å². The number of carbonyl (C=O) groups excluding carboxylic acids is 1. The number of carbonyl (C=O) groups is 1. The zero-order valence-corrected chi connectivity index (χ0v) is 23.3. The van der Waals surface area contributed by atoms with Crippen molar-refractivity contribution in [2.75, 3.05) is 7.11 Å². The van der Waals surface area contributed by atoms with Crippen molar-refractivity contribution >= 4 is 5.97 Å². The molecule has 0 heterocycles. The van der Waals surface area contributed by atoms with Gasteiger partial charge in [-0.1, -0.05) is 46.8 Å². The minimum Gasteiger partial charge on any atom is -0.469 e. The van der Waals surface area contributed by atoms with Crippen LogP contribution in [-0.2, 0) is 9.53 Å². The lowest BCUT2D eigenvalue weighted by molar-refractivity contribution is -0.283. The first-order valence-electron chi connectivity index (χ1n) is 14.3. The Hall–Kier alpha value is -0.870. The number of aliphatic hydroxyl groups excluding tert-OH is 2. The van der Waals surface area contributed by atoms with E-state index in [1.807, 2.05) is 0 Å². The summed E-state index contributed by atoms with van der Waals surface area (Å²) in [5.41, 5.74) is 0.500. The van der Waals surface area contributed by atoms with Gasteiger partial charge < -0.3 is 14.9 Å². The van der Waals surface area contributed by atoms with E-state index in [0.717, 1.165) is 57.8 Å². The van der Waals surface area contributed by atoms with Crippen LogP contribution in [0.1, 0.15) is 99.3 Å². The topological polar surface area (TPSA) is 66.8 Å². The fraction of sp³-hybridized carbons (Fsp3) is 0.903. The first-order chi connectivity index (χ1) is 16.2. The van der Waals surface area contributed by atoms with Crippen molar-refractivity contribution in [2.24, 2.45) is 56.7 Å². The molecule has 0 aromatic carbocycles. The third-order valence-electron chi connectivity index (χ3n) is 13.7. The average molecular weight is 487 g/mol. The highest BCUT2D eigenvalue weighted by atomic mass is 16.5. The van der Waals surface area contributed by atoms with E-state index in [-0.39, 0.29) is 39.7 Å². The largest absolute Gasteiger partial charge is 0.469 e. The summed E-state index contributed by atoms with van der Waals surface area (Å²) in [6.07, 6.45) is 7.96. The van der Waals surface area contributed by atoms with Gasteiger partial charge in [-0.25, -0.2) is 0 Å². The predicted octanol–water partition coefficient (Wildman–Crippen LogP) is 6.15. The number of hydrogen-bond donors (Lipinski definition) is 2. The molecule has 5 rings (SSSR count). The maximum atomic E-state index is 13.4. The van der Waals surface area contributed by atoms with Crippen LogP contribution in [0.2, 0.25) is 0 Å². The predicted molar refractivity (Wildman–Crippen MR) is 138 cm³/mol. The zero-order chi connectivity index (χ0) is 25.8. The van der Waals surface area contributed by atoms with Crippen molar-refractivity contribution in [3.63, 3.8) is 0 Å². The van der Waals surface area contributed by atoms with Crippen LogP contribution < -0.4 is 0 Å². The Labute approximate surface area is 213 Å². The lowest BCUT2D eigenvalue weighted by Gasteiger charge is -2.73. The molecule has 5 saturated carbocycles. The molecule has 35 heavy (non-hydrogen) atoms. The van der Waals surface area contributed by atoms with Crippen molar-refractivity contribution < 1.29 is 19.7 Å². The third-order valence-corrected chi connectivity index (χ3v) is 13.7. The summed E-state index contributed by atoms with van der Waals surface area (Å²) in [7, 11) is 1.55. The third kappa shape index (κ3) is 2.96. The molecule has 0 unspecified atom stereocenters. The summed E-state index contributed by atoms with van der Waals surface area (Å²) in [4.78, 5) is 13.4. The highest BCUT2D eigenvalue weighted by Crippen LogP contribution is 2.77. The molecular weight excluding hydrogens is 436 g/mol. The second kappa shape index (κ2) is 7.82. The number of aliphatic hydroxyl groups is 2. The molecule has 2 N–H and O–H groups in total. The van der Waals surface area contributed by atoms with Gasteiger partial charge in [-0.2, -0.15) is 0 Å². The van der Waals surface area contributed by atoms with E-state index >= 15 is 0 Å². The van der Waals surface area contributed by atoms with Crippen molar-refractivity contribution in [1.82, 2.24) is 0 Å². The van der Waals surface area contributed by atoms with Crippen LogP contribution in [0.4, 0.5) is 0 Å². The molecule has 0 saturated heterocycles. The smallest absolute Gasteiger partial charge is 0.312 e. The summed E-state index contributed by atoms with van der Waals surface area (Å²) in [6.45, 7) is 18.3. The first-order valence-corrected chi connectivity index (χ1v) is 14.3. The molecule has 0 amide bonds. The van der Waals surface area contributed by atoms with Crippen LogP contribution in [0.3, 0.4) is 0 Å². The molecule has 5 fully saturated rings. The Bertz CT molecular complexity index is 910. The van der Waals surface area contributed by atoms with Crippen LogP contribution in [0.15, 0.2) is 12.2 Å². The molecule has 0 aliphatic heterocycles. The molecule has 0 aromatic heterocycles. The van der Waals surface area contributed by atoms with Crippen molar-refractivity contribution in [1.29, 1.82) is 0 Å². The number of hydrogen-bond acceptors (Lipinski definition) is 4. The van der Waals surface area contributed by atoms with Gasteiger partial charge in [-0.05, 0) is 111 Å². The zero-order valence-electron chi connectivity index (χ0n) is 23.3. The fourth-order valence-corrected chi connectivity index (χ4v) is 11.6. The molecule has 5 aliphatic rings. The average Bonchev–Trinajstić information content (AvgIpc) is 3.20. The number of ether oxygens (including phenoxy) is 1. The minimum absolute atomic E-state index is 0.0141. The summed E-state index contributed by atoms with van der Waals surface area (Å²) in [5, 5.41) is 23.0. The molecule has 5 aliphatic carbocycles. The molecule has 0 bridgehead atoms. The normalized spacial score (nSPS) is 54.6. The Balaban J connectivity index is 1.60. The minimum atomic E-state index is -0.394. The second-order valence-electron chi connectivity index (χ2n) is 14.8. The second-order valence-corrected chi connectivity index (χ2v) is 14.8. The molecule has 198 valence electrons. The number of methoxy groups -OCH3 is 1. The molecular formula is C31H50O4. The molecule has 0 spiro atoms. The van der Waals surface area contributed by atoms with Gasteiger partial charge in [-0.3, -0.25) is 4.79 Å². The summed E-state index contributed by atoms with van der Waals surface area (Å²) in [5.74, 6) is 1.72. The van der Waals surface area contributed by atoms with Gasteiger partial charge >= 0.3 is 5.97 Å². The van der Waals surface area contributed by atoms with Crippen LogP contribution in [0, 0.1) is 56.7 Å². The Morgan fingerprint density at radius 1 is 0.886 bits per heavy atom. The standard InChI is InChI=1S/C31H50O4/c1-18(2)19-11-14-31(26(34)35-8)16-15-29(6)20(25(19)31)9-10-21-28(5)13-12-23(32)27(3,4)22(28)17-24(33)30(21,29)7/h19-25,32-33H,1,9-17H2,2-8H3/t19-,20+,21+,22-,23-,24-,25+,28+,29+,30-,31-/m0/s1. The Morgan fingerprint density at radius 2 is 1.57 bits per heavy atom. The van der Waals surface area contributed by atoms with Crippen LogP contribution in [0.25, 0.3) is 0 Å².